The molecule has 2 unspecified atom stereocenters. The van der Waals surface area contributed by atoms with Gasteiger partial charge in [-0.2, -0.15) is 5.26 Å². The van der Waals surface area contributed by atoms with E-state index in [9.17, 15) is 15.2 Å². The van der Waals surface area contributed by atoms with Crippen LogP contribution in [0.2, 0.25) is 0 Å². The van der Waals surface area contributed by atoms with Crippen LogP contribution in [0, 0.1) is 27.4 Å². The van der Waals surface area contributed by atoms with Gasteiger partial charge >= 0.3 is 0 Å². The van der Waals surface area contributed by atoms with Gasteiger partial charge in [0.1, 0.15) is 11.6 Å². The number of nitro groups is 1. The van der Waals surface area contributed by atoms with Crippen LogP contribution in [0.1, 0.15) is 38.2 Å². The van der Waals surface area contributed by atoms with E-state index in [0.29, 0.717) is 18.2 Å². The van der Waals surface area contributed by atoms with Crippen molar-refractivity contribution < 1.29 is 10.0 Å². The predicted octanol–water partition coefficient (Wildman–Crippen LogP) is 2.82. The lowest BCUT2D eigenvalue weighted by molar-refractivity contribution is -0.385. The van der Waals surface area contributed by atoms with Crippen molar-refractivity contribution >= 4 is 11.4 Å². The second-order valence-corrected chi connectivity index (χ2v) is 5.88. The van der Waals surface area contributed by atoms with Crippen molar-refractivity contribution in [3.05, 3.63) is 33.9 Å². The largest absolute Gasteiger partial charge is 0.388 e. The molecule has 6 nitrogen and oxygen atoms in total. The fourth-order valence-electron chi connectivity index (χ4n) is 2.95. The van der Waals surface area contributed by atoms with E-state index in [1.54, 1.807) is 6.07 Å². The zero-order chi connectivity index (χ0) is 15.5. The quantitative estimate of drug-likeness (QED) is 0.656. The molecule has 0 saturated heterocycles. The number of nitro benzene ring substituents is 1. The number of hydrogen-bond acceptors (Lipinski definition) is 5. The molecule has 112 valence electrons. The summed E-state index contributed by atoms with van der Waals surface area (Å²) in [6.45, 7) is 2.52. The fraction of sp³-hybridized carbons (Fsp3) is 0.533. The number of rotatable bonds is 4. The molecule has 21 heavy (non-hydrogen) atoms. The Balaban J connectivity index is 2.07. The lowest BCUT2D eigenvalue weighted by atomic mass is 9.79. The maximum absolute atomic E-state index is 10.8. The summed E-state index contributed by atoms with van der Waals surface area (Å²) in [5.74, 6) is 0.497. The standard InChI is InChI=1S/C15H19N3O3/c1-11-3-2-6-15(19,8-11)10-17-13-4-5-14(18(20)21)12(7-13)9-16/h4-5,7,11,17,19H,2-3,6,8,10H2,1H3. The molecule has 1 saturated carbocycles. The molecule has 0 spiro atoms. The number of anilines is 1. The molecule has 0 radical (unpaired) electrons. The maximum atomic E-state index is 10.8. The lowest BCUT2D eigenvalue weighted by Gasteiger charge is -2.35. The molecule has 6 heteroatoms. The molecule has 0 aromatic heterocycles. The van der Waals surface area contributed by atoms with E-state index in [-0.39, 0.29) is 11.3 Å². The van der Waals surface area contributed by atoms with Crippen LogP contribution >= 0.6 is 0 Å². The summed E-state index contributed by atoms with van der Waals surface area (Å²) in [5.41, 5.74) is -0.308. The summed E-state index contributed by atoms with van der Waals surface area (Å²) < 4.78 is 0. The van der Waals surface area contributed by atoms with E-state index >= 15 is 0 Å². The summed E-state index contributed by atoms with van der Waals surface area (Å²) >= 11 is 0. The highest BCUT2D eigenvalue weighted by Crippen LogP contribution is 2.32. The van der Waals surface area contributed by atoms with E-state index in [0.717, 1.165) is 25.7 Å². The van der Waals surface area contributed by atoms with E-state index < -0.39 is 10.5 Å². The molecule has 0 bridgehead atoms. The second kappa shape index (κ2) is 6.10. The third-order valence-electron chi connectivity index (χ3n) is 4.00. The summed E-state index contributed by atoms with van der Waals surface area (Å²) in [7, 11) is 0. The molecular weight excluding hydrogens is 270 g/mol. The van der Waals surface area contributed by atoms with Gasteiger partial charge in [0.25, 0.3) is 5.69 Å². The number of nitrogens with one attached hydrogen (secondary N) is 1. The van der Waals surface area contributed by atoms with Crippen LogP contribution < -0.4 is 5.32 Å². The molecule has 2 N–H and O–H groups in total. The van der Waals surface area contributed by atoms with Crippen molar-refractivity contribution in [3.8, 4) is 6.07 Å². The van der Waals surface area contributed by atoms with Crippen LogP contribution in [-0.4, -0.2) is 22.2 Å². The van der Waals surface area contributed by atoms with Gasteiger partial charge in [-0.3, -0.25) is 10.1 Å². The first-order valence-corrected chi connectivity index (χ1v) is 7.08. The number of aliphatic hydroxyl groups is 1. The average molecular weight is 289 g/mol. The van der Waals surface area contributed by atoms with Gasteiger partial charge in [0.15, 0.2) is 0 Å². The van der Waals surface area contributed by atoms with E-state index in [4.69, 9.17) is 5.26 Å². The number of benzene rings is 1. The van der Waals surface area contributed by atoms with Gasteiger partial charge in [-0.05, 0) is 30.9 Å². The van der Waals surface area contributed by atoms with Crippen LogP contribution in [0.3, 0.4) is 0 Å². The van der Waals surface area contributed by atoms with Crippen molar-refractivity contribution in [3.63, 3.8) is 0 Å². The van der Waals surface area contributed by atoms with Crippen LogP contribution in [0.4, 0.5) is 11.4 Å². The van der Waals surface area contributed by atoms with Crippen LogP contribution in [-0.2, 0) is 0 Å². The minimum Gasteiger partial charge on any atom is -0.388 e. The summed E-state index contributed by atoms with van der Waals surface area (Å²) in [5, 5.41) is 33.4. The van der Waals surface area contributed by atoms with E-state index in [2.05, 4.69) is 12.2 Å². The molecule has 0 aliphatic heterocycles. The molecular formula is C15H19N3O3. The number of nitriles is 1. The highest BCUT2D eigenvalue weighted by atomic mass is 16.6. The third-order valence-corrected chi connectivity index (χ3v) is 4.00. The summed E-state index contributed by atoms with van der Waals surface area (Å²) in [6.07, 6.45) is 3.64. The molecule has 2 atom stereocenters. The molecule has 1 aromatic rings. The molecule has 1 aliphatic rings. The Hall–Kier alpha value is -2.13. The zero-order valence-electron chi connectivity index (χ0n) is 12.0. The van der Waals surface area contributed by atoms with Gasteiger partial charge in [-0.1, -0.05) is 19.8 Å². The monoisotopic (exact) mass is 289 g/mol. The number of hydrogen-bond donors (Lipinski definition) is 2. The van der Waals surface area contributed by atoms with Crippen LogP contribution in [0.15, 0.2) is 18.2 Å². The SMILES string of the molecule is CC1CCCC(O)(CNc2ccc([N+](=O)[O-])c(C#N)c2)C1. The Labute approximate surface area is 123 Å². The fourth-order valence-corrected chi connectivity index (χ4v) is 2.95. The second-order valence-electron chi connectivity index (χ2n) is 5.88. The number of nitrogens with zero attached hydrogens (tertiary/aromatic N) is 2. The Morgan fingerprint density at radius 3 is 3.00 bits per heavy atom. The molecule has 1 aromatic carbocycles. The Morgan fingerprint density at radius 1 is 1.62 bits per heavy atom. The van der Waals surface area contributed by atoms with Gasteiger partial charge in [-0.25, -0.2) is 0 Å². The lowest BCUT2D eigenvalue weighted by Crippen LogP contribution is -2.41. The first kappa shape index (κ1) is 15.3. The average Bonchev–Trinajstić information content (AvgIpc) is 2.44. The smallest absolute Gasteiger partial charge is 0.287 e. The van der Waals surface area contributed by atoms with Crippen molar-refractivity contribution in [2.45, 2.75) is 38.2 Å². The van der Waals surface area contributed by atoms with Gasteiger partial charge in [0.2, 0.25) is 0 Å². The van der Waals surface area contributed by atoms with Crippen molar-refractivity contribution in [2.75, 3.05) is 11.9 Å². The predicted molar refractivity (Wildman–Crippen MR) is 78.9 cm³/mol. The van der Waals surface area contributed by atoms with Crippen molar-refractivity contribution in [2.24, 2.45) is 5.92 Å². The maximum Gasteiger partial charge on any atom is 0.287 e. The molecule has 2 rings (SSSR count). The van der Waals surface area contributed by atoms with Gasteiger partial charge in [0, 0.05) is 18.3 Å². The van der Waals surface area contributed by atoms with Gasteiger partial charge < -0.3 is 10.4 Å². The Kier molecular flexibility index (Phi) is 4.43. The minimum absolute atomic E-state index is 0.0222. The minimum atomic E-state index is -0.744. The molecule has 0 amide bonds. The van der Waals surface area contributed by atoms with Crippen LogP contribution in [0.25, 0.3) is 0 Å². The van der Waals surface area contributed by atoms with Crippen molar-refractivity contribution in [1.29, 1.82) is 5.26 Å². The molecule has 0 heterocycles. The van der Waals surface area contributed by atoms with Gasteiger partial charge in [-0.15, -0.1) is 0 Å². The first-order chi connectivity index (χ1) is 9.93. The topological polar surface area (TPSA) is 99.2 Å². The van der Waals surface area contributed by atoms with Crippen LogP contribution in [0.5, 0.6) is 0 Å². The normalized spacial score (nSPS) is 25.1. The highest BCUT2D eigenvalue weighted by Gasteiger charge is 2.32. The van der Waals surface area contributed by atoms with Gasteiger partial charge in [0.05, 0.1) is 10.5 Å². The van der Waals surface area contributed by atoms with E-state index in [1.807, 2.05) is 6.07 Å². The highest BCUT2D eigenvalue weighted by molar-refractivity contribution is 5.58. The Morgan fingerprint density at radius 2 is 2.38 bits per heavy atom. The summed E-state index contributed by atoms with van der Waals surface area (Å²) in [4.78, 5) is 10.2. The first-order valence-electron chi connectivity index (χ1n) is 7.08. The third kappa shape index (κ3) is 3.70. The zero-order valence-corrected chi connectivity index (χ0v) is 12.0. The Bertz CT molecular complexity index is 582. The summed E-state index contributed by atoms with van der Waals surface area (Å²) in [6, 6.07) is 6.16. The van der Waals surface area contributed by atoms with Crippen molar-refractivity contribution in [1.82, 2.24) is 0 Å². The molecule has 1 aliphatic carbocycles. The molecule has 1 fully saturated rings. The van der Waals surface area contributed by atoms with E-state index in [1.165, 1.54) is 12.1 Å².